The lowest BCUT2D eigenvalue weighted by atomic mass is 9.96. The van der Waals surface area contributed by atoms with Crippen molar-refractivity contribution in [2.75, 3.05) is 0 Å². The molecule has 0 fully saturated rings. The van der Waals surface area contributed by atoms with Gasteiger partial charge in [-0.2, -0.15) is 12.6 Å². The first-order valence-corrected chi connectivity index (χ1v) is 5.17. The molecule has 0 bridgehead atoms. The smallest absolute Gasteiger partial charge is 0.314 e. The molecule has 15 heavy (non-hydrogen) atoms. The number of Topliss-reactive ketones (excluding diaryl/α,β-unsaturated/α-hetero) is 1. The van der Waals surface area contributed by atoms with E-state index >= 15 is 0 Å². The van der Waals surface area contributed by atoms with Gasteiger partial charge < -0.3 is 5.11 Å². The predicted octanol–water partition coefficient (Wildman–Crippen LogP) is 2.02. The van der Waals surface area contributed by atoms with Crippen molar-refractivity contribution in [1.82, 2.24) is 0 Å². The van der Waals surface area contributed by atoms with Crippen LogP contribution in [0.15, 0.2) is 24.3 Å². The molecule has 0 aliphatic carbocycles. The molecule has 0 aliphatic heterocycles. The summed E-state index contributed by atoms with van der Waals surface area (Å²) in [5.41, 5.74) is 1.21. The molecule has 0 saturated carbocycles. The average Bonchev–Trinajstić information content (AvgIpc) is 2.26. The van der Waals surface area contributed by atoms with Crippen LogP contribution in [0.2, 0.25) is 0 Å². The Kier molecular flexibility index (Phi) is 3.91. The first-order chi connectivity index (χ1) is 7.07. The van der Waals surface area contributed by atoms with E-state index in [2.05, 4.69) is 12.6 Å². The van der Waals surface area contributed by atoms with Gasteiger partial charge in [-0.3, -0.25) is 9.59 Å². The van der Waals surface area contributed by atoms with E-state index in [4.69, 9.17) is 5.11 Å². The second-order valence-corrected chi connectivity index (χ2v) is 3.56. The summed E-state index contributed by atoms with van der Waals surface area (Å²) >= 11 is 4.09. The quantitative estimate of drug-likeness (QED) is 0.467. The molecule has 4 heteroatoms. The third kappa shape index (κ3) is 2.59. The van der Waals surface area contributed by atoms with Gasteiger partial charge in [0.15, 0.2) is 5.78 Å². The monoisotopic (exact) mass is 224 g/mol. The van der Waals surface area contributed by atoms with Crippen LogP contribution >= 0.6 is 12.6 Å². The van der Waals surface area contributed by atoms with Crippen LogP contribution in [0.1, 0.15) is 22.8 Å². The molecular formula is C11H12O3S. The fraction of sp³-hybridized carbons (Fsp3) is 0.273. The predicted molar refractivity (Wildman–Crippen MR) is 60.3 cm³/mol. The second-order valence-electron chi connectivity index (χ2n) is 3.24. The third-order valence-corrected chi connectivity index (χ3v) is 2.56. The molecule has 1 unspecified atom stereocenters. The maximum Gasteiger partial charge on any atom is 0.314 e. The molecule has 80 valence electrons. The van der Waals surface area contributed by atoms with E-state index in [-0.39, 0.29) is 5.78 Å². The highest BCUT2D eigenvalue weighted by molar-refractivity contribution is 7.79. The van der Waals surface area contributed by atoms with Crippen LogP contribution in [0.5, 0.6) is 0 Å². The lowest BCUT2D eigenvalue weighted by Crippen LogP contribution is -2.21. The normalized spacial score (nSPS) is 12.1. The largest absolute Gasteiger partial charge is 0.481 e. The Hall–Kier alpha value is -1.29. The van der Waals surface area contributed by atoms with Crippen LogP contribution in [-0.4, -0.2) is 16.9 Å². The number of thiol groups is 1. The number of carbonyl (C=O) groups excluding carboxylic acids is 1. The summed E-state index contributed by atoms with van der Waals surface area (Å²) in [5, 5.41) is 8.74. The molecule has 0 heterocycles. The highest BCUT2D eigenvalue weighted by atomic mass is 32.1. The van der Waals surface area contributed by atoms with Gasteiger partial charge in [0, 0.05) is 11.3 Å². The minimum absolute atomic E-state index is 0.368. The van der Waals surface area contributed by atoms with Crippen molar-refractivity contribution in [1.29, 1.82) is 0 Å². The Bertz CT molecular complexity index is 387. The Morgan fingerprint density at radius 3 is 2.53 bits per heavy atom. The number of hydrogen-bond acceptors (Lipinski definition) is 3. The lowest BCUT2D eigenvalue weighted by Gasteiger charge is -2.08. The topological polar surface area (TPSA) is 54.4 Å². The Morgan fingerprint density at radius 2 is 2.00 bits per heavy atom. The average molecular weight is 224 g/mol. The fourth-order valence-electron chi connectivity index (χ4n) is 1.24. The van der Waals surface area contributed by atoms with Gasteiger partial charge in [-0.05, 0) is 12.5 Å². The van der Waals surface area contributed by atoms with Gasteiger partial charge in [0.25, 0.3) is 0 Å². The van der Waals surface area contributed by atoms with E-state index in [0.717, 1.165) is 5.56 Å². The van der Waals surface area contributed by atoms with Crippen molar-refractivity contribution in [3.8, 4) is 0 Å². The van der Waals surface area contributed by atoms with Gasteiger partial charge in [-0.1, -0.05) is 24.3 Å². The molecule has 3 nitrogen and oxygen atoms in total. The van der Waals surface area contributed by atoms with Crippen molar-refractivity contribution in [3.05, 3.63) is 35.4 Å². The molecule has 1 rings (SSSR count). The number of hydrogen-bond donors (Lipinski definition) is 2. The van der Waals surface area contributed by atoms with Crippen LogP contribution in [-0.2, 0) is 10.5 Å². The van der Waals surface area contributed by atoms with Crippen LogP contribution in [0, 0.1) is 5.92 Å². The van der Waals surface area contributed by atoms with Crippen LogP contribution in [0.25, 0.3) is 0 Å². The Morgan fingerprint density at radius 1 is 1.40 bits per heavy atom. The second kappa shape index (κ2) is 4.98. The van der Waals surface area contributed by atoms with Crippen LogP contribution in [0.4, 0.5) is 0 Å². The zero-order valence-electron chi connectivity index (χ0n) is 8.30. The Balaban J connectivity index is 3.05. The first-order valence-electron chi connectivity index (χ1n) is 4.53. The van der Waals surface area contributed by atoms with Gasteiger partial charge in [0.05, 0.1) is 0 Å². The summed E-state index contributed by atoms with van der Waals surface area (Å²) in [6.45, 7) is 1.39. The summed E-state index contributed by atoms with van der Waals surface area (Å²) in [6.07, 6.45) is 0. The molecule has 0 aromatic heterocycles. The first kappa shape index (κ1) is 11.8. The van der Waals surface area contributed by atoms with E-state index in [0.29, 0.717) is 11.3 Å². The van der Waals surface area contributed by atoms with Gasteiger partial charge in [-0.25, -0.2) is 0 Å². The summed E-state index contributed by atoms with van der Waals surface area (Å²) in [4.78, 5) is 22.4. The zero-order chi connectivity index (χ0) is 11.4. The van der Waals surface area contributed by atoms with Crippen LogP contribution < -0.4 is 0 Å². The number of carboxylic acids is 1. The molecule has 1 atom stereocenters. The number of ketones is 1. The summed E-state index contributed by atoms with van der Waals surface area (Å²) in [6, 6.07) is 6.92. The maximum atomic E-state index is 11.8. The zero-order valence-corrected chi connectivity index (χ0v) is 9.20. The van der Waals surface area contributed by atoms with Gasteiger partial charge in [0.1, 0.15) is 5.92 Å². The molecule has 1 aromatic rings. The van der Waals surface area contributed by atoms with Gasteiger partial charge in [-0.15, -0.1) is 0 Å². The van der Waals surface area contributed by atoms with E-state index in [1.54, 1.807) is 24.3 Å². The molecule has 0 amide bonds. The van der Waals surface area contributed by atoms with Crippen molar-refractivity contribution >= 4 is 24.4 Å². The molecule has 0 spiro atoms. The minimum Gasteiger partial charge on any atom is -0.481 e. The summed E-state index contributed by atoms with van der Waals surface area (Å²) in [7, 11) is 0. The van der Waals surface area contributed by atoms with Crippen LogP contribution in [0.3, 0.4) is 0 Å². The van der Waals surface area contributed by atoms with E-state index in [9.17, 15) is 9.59 Å². The third-order valence-electron chi connectivity index (χ3n) is 2.22. The highest BCUT2D eigenvalue weighted by Crippen LogP contribution is 2.16. The SMILES string of the molecule is CC(C(=O)O)C(=O)c1ccccc1CS. The lowest BCUT2D eigenvalue weighted by molar-refractivity contribution is -0.139. The number of rotatable bonds is 4. The number of benzene rings is 1. The van der Waals surface area contributed by atoms with Crippen molar-refractivity contribution in [2.24, 2.45) is 5.92 Å². The molecule has 1 N–H and O–H groups in total. The number of carboxylic acid groups (broad SMARTS) is 1. The van der Waals surface area contributed by atoms with E-state index in [1.165, 1.54) is 6.92 Å². The molecular weight excluding hydrogens is 212 g/mol. The van der Waals surface area contributed by atoms with Gasteiger partial charge >= 0.3 is 5.97 Å². The number of aliphatic carboxylic acids is 1. The molecule has 0 aliphatic rings. The number of carbonyl (C=O) groups is 2. The van der Waals surface area contributed by atoms with Gasteiger partial charge in [0.2, 0.25) is 0 Å². The maximum absolute atomic E-state index is 11.8. The molecule has 0 saturated heterocycles. The molecule has 1 aromatic carbocycles. The summed E-state index contributed by atoms with van der Waals surface area (Å²) < 4.78 is 0. The standard InChI is InChI=1S/C11H12O3S/c1-7(11(13)14)10(12)9-5-3-2-4-8(9)6-15/h2-5,7,15H,6H2,1H3,(H,13,14). The van der Waals surface area contributed by atoms with Crippen molar-refractivity contribution in [2.45, 2.75) is 12.7 Å². The fourth-order valence-corrected chi connectivity index (χ4v) is 1.52. The Labute approximate surface area is 93.5 Å². The highest BCUT2D eigenvalue weighted by Gasteiger charge is 2.23. The van der Waals surface area contributed by atoms with Crippen molar-refractivity contribution < 1.29 is 14.7 Å². The van der Waals surface area contributed by atoms with E-state index in [1.807, 2.05) is 0 Å². The van der Waals surface area contributed by atoms with E-state index < -0.39 is 11.9 Å². The van der Waals surface area contributed by atoms with Crippen molar-refractivity contribution in [3.63, 3.8) is 0 Å². The molecule has 0 radical (unpaired) electrons. The summed E-state index contributed by atoms with van der Waals surface area (Å²) in [5.74, 6) is -2.05. The minimum atomic E-state index is -1.10.